The van der Waals surface area contributed by atoms with E-state index in [2.05, 4.69) is 21.3 Å². The first kappa shape index (κ1) is 33.6. The van der Waals surface area contributed by atoms with Crippen molar-refractivity contribution >= 4 is 23.6 Å². The SMILES string of the molecule is CC(C)[C@H]1NC(=O)[C@@H](C)[C@@H](C/C=C\CCCO)NC(=O)[C@@H](Cc2ccccc2)NC(=O)[C@H]2O[C@@H]3OC(C)(C)O[C@@H]3[C@H]2NC1=O. The molecule has 0 radical (unpaired) electrons. The number of nitrogens with one attached hydrogen (secondary N) is 4. The standard InChI is InChI=1S/C32H46N4O8/c1-18(2)23-29(40)36-24-25(42-31-26(24)43-32(4,5)44-31)30(41)34-22(17-20-13-9-8-10-14-20)28(39)33-21(19(3)27(38)35-23)15-11-6-7-12-16-37/h6,8-11,13-14,18-19,21-26,31,37H,7,12,15-17H2,1-5H3,(H,33,39)(H,34,41)(H,35,38)(H,36,40)/b11-6-/t19-,21+,22+,23+,24-,25-,26+,31+/m0/s1. The molecule has 0 spiro atoms. The minimum atomic E-state index is -1.22. The second-order valence-corrected chi connectivity index (χ2v) is 12.5. The number of amides is 4. The topological polar surface area (TPSA) is 164 Å². The van der Waals surface area contributed by atoms with Gasteiger partial charge >= 0.3 is 0 Å². The first-order valence-electron chi connectivity index (χ1n) is 15.4. The average Bonchev–Trinajstić information content (AvgIpc) is 3.45. The fraction of sp³-hybridized carbons (Fsp3) is 0.625. The van der Waals surface area contributed by atoms with Crippen molar-refractivity contribution < 1.29 is 38.5 Å². The molecule has 1 aromatic carbocycles. The Hall–Kier alpha value is -3.32. The lowest BCUT2D eigenvalue weighted by molar-refractivity contribution is -0.208. The monoisotopic (exact) mass is 614 g/mol. The molecule has 12 heteroatoms. The third-order valence-corrected chi connectivity index (χ3v) is 8.21. The molecule has 3 saturated heterocycles. The summed E-state index contributed by atoms with van der Waals surface area (Å²) < 4.78 is 17.9. The highest BCUT2D eigenvalue weighted by Gasteiger charge is 2.58. The predicted octanol–water partition coefficient (Wildman–Crippen LogP) is 1.07. The van der Waals surface area contributed by atoms with E-state index >= 15 is 0 Å². The van der Waals surface area contributed by atoms with Crippen molar-refractivity contribution in [1.29, 1.82) is 0 Å². The van der Waals surface area contributed by atoms with E-state index in [1.165, 1.54) is 0 Å². The molecular formula is C32H46N4O8. The molecule has 0 bridgehead atoms. The van der Waals surface area contributed by atoms with Crippen molar-refractivity contribution in [2.24, 2.45) is 11.8 Å². The number of unbranched alkanes of at least 4 members (excludes halogenated alkanes) is 1. The molecule has 3 aliphatic heterocycles. The largest absolute Gasteiger partial charge is 0.396 e. The summed E-state index contributed by atoms with van der Waals surface area (Å²) in [5.41, 5.74) is 0.822. The quantitative estimate of drug-likeness (QED) is 0.214. The van der Waals surface area contributed by atoms with Crippen LogP contribution in [0.5, 0.6) is 0 Å². The van der Waals surface area contributed by atoms with Crippen LogP contribution in [-0.4, -0.2) is 83.8 Å². The van der Waals surface area contributed by atoms with E-state index in [-0.39, 0.29) is 18.9 Å². The van der Waals surface area contributed by atoms with E-state index in [1.54, 1.807) is 20.8 Å². The number of allylic oxidation sites excluding steroid dienone is 1. The number of aliphatic hydroxyl groups excluding tert-OH is 1. The Morgan fingerprint density at radius 3 is 2.32 bits per heavy atom. The molecule has 4 amide bonds. The van der Waals surface area contributed by atoms with Crippen LogP contribution < -0.4 is 21.3 Å². The van der Waals surface area contributed by atoms with Crippen LogP contribution >= 0.6 is 0 Å². The van der Waals surface area contributed by atoms with Gasteiger partial charge in [0.15, 0.2) is 18.2 Å². The summed E-state index contributed by atoms with van der Waals surface area (Å²) in [4.78, 5) is 54.9. The number of hydrogen-bond acceptors (Lipinski definition) is 8. The Balaban J connectivity index is 1.68. The molecule has 3 aliphatic rings. The average molecular weight is 615 g/mol. The molecule has 1 aromatic rings. The molecule has 12 nitrogen and oxygen atoms in total. The molecule has 3 fully saturated rings. The third-order valence-electron chi connectivity index (χ3n) is 8.21. The minimum absolute atomic E-state index is 0.0614. The Bertz CT molecular complexity index is 1210. The van der Waals surface area contributed by atoms with E-state index in [9.17, 15) is 19.2 Å². The van der Waals surface area contributed by atoms with Gasteiger partial charge in [-0.3, -0.25) is 19.2 Å². The van der Waals surface area contributed by atoms with E-state index in [0.717, 1.165) is 5.56 Å². The lowest BCUT2D eigenvalue weighted by Gasteiger charge is -2.32. The normalized spacial score (nSPS) is 32.8. The van der Waals surface area contributed by atoms with Crippen molar-refractivity contribution in [3.8, 4) is 0 Å². The lowest BCUT2D eigenvalue weighted by Crippen LogP contribution is -2.62. The number of benzene rings is 1. The van der Waals surface area contributed by atoms with Crippen LogP contribution in [0.25, 0.3) is 0 Å². The maximum Gasteiger partial charge on any atom is 0.252 e. The molecular weight excluding hydrogens is 568 g/mol. The fourth-order valence-electron chi connectivity index (χ4n) is 5.70. The smallest absolute Gasteiger partial charge is 0.252 e. The van der Waals surface area contributed by atoms with Crippen molar-refractivity contribution in [1.82, 2.24) is 21.3 Å². The first-order valence-corrected chi connectivity index (χ1v) is 15.4. The molecule has 44 heavy (non-hydrogen) atoms. The molecule has 0 saturated carbocycles. The first-order chi connectivity index (χ1) is 20.9. The van der Waals surface area contributed by atoms with Gasteiger partial charge in [-0.1, -0.05) is 63.3 Å². The number of carbonyl (C=O) groups excluding carboxylic acids is 4. The van der Waals surface area contributed by atoms with Crippen LogP contribution in [0.15, 0.2) is 42.5 Å². The molecule has 0 aliphatic carbocycles. The summed E-state index contributed by atoms with van der Waals surface area (Å²) in [5.74, 6) is -3.94. The minimum Gasteiger partial charge on any atom is -0.396 e. The van der Waals surface area contributed by atoms with E-state index < -0.39 is 78.0 Å². The molecule has 5 N–H and O–H groups in total. The van der Waals surface area contributed by atoms with Crippen LogP contribution in [-0.2, 0) is 39.8 Å². The summed E-state index contributed by atoms with van der Waals surface area (Å²) in [6, 6.07) is 5.76. The number of fused-ring (bicyclic) bond motifs is 3. The maximum absolute atomic E-state index is 13.9. The van der Waals surface area contributed by atoms with Gasteiger partial charge in [0, 0.05) is 19.1 Å². The number of hydrogen-bond donors (Lipinski definition) is 5. The van der Waals surface area contributed by atoms with Gasteiger partial charge in [-0.05, 0) is 44.6 Å². The van der Waals surface area contributed by atoms with Crippen LogP contribution in [0.1, 0.15) is 59.4 Å². The molecule has 8 atom stereocenters. The molecule has 0 aromatic heterocycles. The van der Waals surface area contributed by atoms with Gasteiger partial charge in [-0.2, -0.15) is 0 Å². The van der Waals surface area contributed by atoms with E-state index in [4.69, 9.17) is 19.3 Å². The van der Waals surface area contributed by atoms with Crippen LogP contribution in [0.3, 0.4) is 0 Å². The highest BCUT2D eigenvalue weighted by atomic mass is 16.8. The van der Waals surface area contributed by atoms with Gasteiger partial charge in [0.1, 0.15) is 18.2 Å². The molecule has 0 unspecified atom stereocenters. The summed E-state index contributed by atoms with van der Waals surface area (Å²) >= 11 is 0. The Kier molecular flexibility index (Phi) is 11.2. The van der Waals surface area contributed by atoms with Gasteiger partial charge in [-0.15, -0.1) is 0 Å². The van der Waals surface area contributed by atoms with Gasteiger partial charge < -0.3 is 40.6 Å². The number of aliphatic hydroxyl groups is 1. The number of rotatable bonds is 8. The second kappa shape index (κ2) is 14.6. The summed E-state index contributed by atoms with van der Waals surface area (Å²) in [7, 11) is 0. The van der Waals surface area contributed by atoms with Gasteiger partial charge in [0.25, 0.3) is 5.91 Å². The Morgan fingerprint density at radius 1 is 0.909 bits per heavy atom. The van der Waals surface area contributed by atoms with Crippen molar-refractivity contribution in [2.75, 3.05) is 6.61 Å². The van der Waals surface area contributed by atoms with Gasteiger partial charge in [0.2, 0.25) is 17.7 Å². The zero-order chi connectivity index (χ0) is 32.0. The number of carbonyl (C=O) groups is 4. The van der Waals surface area contributed by atoms with Crippen molar-refractivity contribution in [2.45, 2.75) is 109 Å². The summed E-state index contributed by atoms with van der Waals surface area (Å²) in [6.07, 6.45) is 2.59. The molecule has 3 heterocycles. The highest BCUT2D eigenvalue weighted by Crippen LogP contribution is 2.37. The maximum atomic E-state index is 13.9. The van der Waals surface area contributed by atoms with E-state index in [0.29, 0.717) is 19.3 Å². The van der Waals surface area contributed by atoms with Crippen molar-refractivity contribution in [3.05, 3.63) is 48.0 Å². The predicted molar refractivity (Wildman–Crippen MR) is 161 cm³/mol. The zero-order valence-electron chi connectivity index (χ0n) is 26.1. The summed E-state index contributed by atoms with van der Waals surface area (Å²) in [6.45, 7) is 8.81. The van der Waals surface area contributed by atoms with Gasteiger partial charge in [0.05, 0.1) is 12.0 Å². The van der Waals surface area contributed by atoms with E-state index in [1.807, 2.05) is 56.3 Å². The Labute approximate surface area is 258 Å². The fourth-order valence-corrected chi connectivity index (χ4v) is 5.70. The second-order valence-electron chi connectivity index (χ2n) is 12.5. The van der Waals surface area contributed by atoms with Crippen LogP contribution in [0.4, 0.5) is 0 Å². The Morgan fingerprint density at radius 2 is 1.64 bits per heavy atom. The molecule has 242 valence electrons. The van der Waals surface area contributed by atoms with Crippen LogP contribution in [0.2, 0.25) is 0 Å². The highest BCUT2D eigenvalue weighted by molar-refractivity contribution is 5.93. The lowest BCUT2D eigenvalue weighted by atomic mass is 9.94. The summed E-state index contributed by atoms with van der Waals surface area (Å²) in [5, 5.41) is 20.7. The zero-order valence-corrected chi connectivity index (χ0v) is 26.1. The van der Waals surface area contributed by atoms with Crippen LogP contribution in [0, 0.1) is 11.8 Å². The number of ether oxygens (including phenoxy) is 3. The van der Waals surface area contributed by atoms with Gasteiger partial charge in [-0.25, -0.2) is 0 Å². The van der Waals surface area contributed by atoms with Crippen molar-refractivity contribution in [3.63, 3.8) is 0 Å². The third kappa shape index (κ3) is 8.23. The molecule has 4 rings (SSSR count).